The highest BCUT2D eigenvalue weighted by molar-refractivity contribution is 5.93. The highest BCUT2D eigenvalue weighted by Crippen LogP contribution is 2.28. The first-order chi connectivity index (χ1) is 16.2. The summed E-state index contributed by atoms with van der Waals surface area (Å²) in [5.74, 6) is 0. The molecular formula is C28H26N4O. The van der Waals surface area contributed by atoms with Crippen LogP contribution in [0.1, 0.15) is 17.2 Å². The maximum Gasteiger partial charge on any atom is 0.146 e. The third-order valence-corrected chi connectivity index (χ3v) is 6.05. The van der Waals surface area contributed by atoms with Crippen molar-refractivity contribution in [2.24, 2.45) is 0 Å². The summed E-state index contributed by atoms with van der Waals surface area (Å²) in [5, 5.41) is 20.1. The molecule has 0 saturated carbocycles. The van der Waals surface area contributed by atoms with E-state index >= 15 is 0 Å². The summed E-state index contributed by atoms with van der Waals surface area (Å²) in [6.45, 7) is 0.609. The van der Waals surface area contributed by atoms with E-state index in [4.69, 9.17) is 10.4 Å². The molecule has 0 bridgehead atoms. The first kappa shape index (κ1) is 20.9. The summed E-state index contributed by atoms with van der Waals surface area (Å²) in [6, 6.07) is 30.2. The molecule has 1 atom stereocenters. The topological polar surface area (TPSA) is 66.8 Å². The van der Waals surface area contributed by atoms with Gasteiger partial charge in [-0.3, -0.25) is 5.41 Å². The zero-order valence-corrected chi connectivity index (χ0v) is 18.3. The monoisotopic (exact) mass is 434 g/mol. The number of hydrogen-bond donors (Lipinski definition) is 2. The quantitative estimate of drug-likeness (QED) is 0.386. The van der Waals surface area contributed by atoms with Crippen molar-refractivity contribution in [1.29, 1.82) is 5.41 Å². The van der Waals surface area contributed by atoms with Crippen LogP contribution < -0.4 is 5.49 Å². The van der Waals surface area contributed by atoms with E-state index in [1.165, 1.54) is 5.56 Å². The van der Waals surface area contributed by atoms with Gasteiger partial charge in [-0.25, -0.2) is 4.98 Å². The Kier molecular flexibility index (Phi) is 5.87. The Morgan fingerprint density at radius 3 is 2.06 bits per heavy atom. The van der Waals surface area contributed by atoms with Crippen LogP contribution in [0.4, 0.5) is 0 Å². The Hall–Kier alpha value is -3.96. The van der Waals surface area contributed by atoms with Crippen molar-refractivity contribution in [3.63, 3.8) is 0 Å². The first-order valence-electron chi connectivity index (χ1n) is 11.1. The van der Waals surface area contributed by atoms with Crippen LogP contribution in [0, 0.1) is 5.41 Å². The number of aliphatic hydroxyl groups excluding tert-OH is 1. The fraction of sp³-hybridized carbons (Fsp3) is 0.143. The van der Waals surface area contributed by atoms with Gasteiger partial charge >= 0.3 is 0 Å². The maximum atomic E-state index is 10.2. The second-order valence-corrected chi connectivity index (χ2v) is 8.25. The molecule has 164 valence electrons. The lowest BCUT2D eigenvalue weighted by Crippen LogP contribution is -2.29. The summed E-state index contributed by atoms with van der Waals surface area (Å²) in [6.07, 6.45) is 4.42. The lowest BCUT2D eigenvalue weighted by Gasteiger charge is -2.19. The Bertz CT molecular complexity index is 1410. The Morgan fingerprint density at radius 2 is 1.42 bits per heavy atom. The number of nitrogens with one attached hydrogen (secondary N) is 1. The van der Waals surface area contributed by atoms with Crippen molar-refractivity contribution >= 4 is 11.0 Å². The van der Waals surface area contributed by atoms with Crippen LogP contribution in [0.5, 0.6) is 0 Å². The average Bonchev–Trinajstić information content (AvgIpc) is 3.24. The number of fused-ring (bicyclic) bond motifs is 1. The average molecular weight is 435 g/mol. The number of aromatic nitrogens is 3. The van der Waals surface area contributed by atoms with E-state index in [2.05, 4.69) is 35.0 Å². The molecule has 0 aliphatic carbocycles. The number of benzene rings is 3. The van der Waals surface area contributed by atoms with Crippen molar-refractivity contribution in [3.05, 3.63) is 120 Å². The fourth-order valence-corrected chi connectivity index (χ4v) is 4.37. The van der Waals surface area contributed by atoms with Crippen molar-refractivity contribution in [2.75, 3.05) is 6.61 Å². The van der Waals surface area contributed by atoms with Gasteiger partial charge < -0.3 is 14.2 Å². The maximum absolute atomic E-state index is 10.2. The minimum atomic E-state index is -0.266. The fourth-order valence-electron chi connectivity index (χ4n) is 4.37. The van der Waals surface area contributed by atoms with Gasteiger partial charge in [-0.2, -0.15) is 0 Å². The third-order valence-electron chi connectivity index (χ3n) is 6.05. The van der Waals surface area contributed by atoms with Crippen LogP contribution in [0.3, 0.4) is 0 Å². The van der Waals surface area contributed by atoms with E-state index in [-0.39, 0.29) is 12.6 Å². The first-order valence-corrected chi connectivity index (χ1v) is 11.1. The molecule has 2 N–H and O–H groups in total. The Morgan fingerprint density at radius 1 is 0.818 bits per heavy atom. The van der Waals surface area contributed by atoms with Crippen LogP contribution in [-0.4, -0.2) is 25.8 Å². The number of hydrogen-bond acceptors (Lipinski definition) is 3. The molecule has 33 heavy (non-hydrogen) atoms. The van der Waals surface area contributed by atoms with Crippen molar-refractivity contribution in [1.82, 2.24) is 14.1 Å². The van der Waals surface area contributed by atoms with Gasteiger partial charge in [0, 0.05) is 18.3 Å². The van der Waals surface area contributed by atoms with E-state index < -0.39 is 0 Å². The lowest BCUT2D eigenvalue weighted by molar-refractivity contribution is 0.223. The van der Waals surface area contributed by atoms with E-state index in [0.29, 0.717) is 18.5 Å². The molecule has 5 heteroatoms. The summed E-state index contributed by atoms with van der Waals surface area (Å²) >= 11 is 0. The van der Waals surface area contributed by atoms with Crippen LogP contribution in [0.15, 0.2) is 104 Å². The highest BCUT2D eigenvalue weighted by atomic mass is 16.3. The number of aliphatic hydroxyl groups is 1. The van der Waals surface area contributed by atoms with Crippen LogP contribution in [-0.2, 0) is 13.0 Å². The third kappa shape index (κ3) is 4.23. The van der Waals surface area contributed by atoms with E-state index in [9.17, 15) is 5.11 Å². The molecule has 3 aromatic carbocycles. The van der Waals surface area contributed by atoms with Gasteiger partial charge in [0.05, 0.1) is 24.4 Å². The smallest absolute Gasteiger partial charge is 0.146 e. The highest BCUT2D eigenvalue weighted by Gasteiger charge is 2.18. The SMILES string of the molecule is N=c1c2c(-c3ccccc3)cn(Cc3ccccc3)c2ncn1[C@H](CO)Cc1ccccc1. The Labute approximate surface area is 192 Å². The molecule has 0 amide bonds. The molecule has 0 fully saturated rings. The van der Waals surface area contributed by atoms with E-state index in [1.54, 1.807) is 10.9 Å². The zero-order chi connectivity index (χ0) is 22.6. The summed E-state index contributed by atoms with van der Waals surface area (Å²) in [5.41, 5.74) is 5.46. The molecule has 2 aromatic heterocycles. The van der Waals surface area contributed by atoms with Crippen LogP contribution in [0.2, 0.25) is 0 Å². The number of nitrogens with zero attached hydrogens (tertiary/aromatic N) is 3. The lowest BCUT2D eigenvalue weighted by atomic mass is 10.0. The van der Waals surface area contributed by atoms with Gasteiger partial charge in [-0.05, 0) is 23.1 Å². The standard InChI is InChI=1S/C28H26N4O/c29-27-26-25(23-14-8-3-9-15-23)18-31(17-22-12-6-2-7-13-22)28(26)30-20-32(27)24(19-33)16-21-10-4-1-5-11-21/h1-15,18,20,24,29,33H,16-17,19H2/t24-/m0/s1. The molecule has 5 nitrogen and oxygen atoms in total. The molecule has 5 rings (SSSR count). The summed E-state index contributed by atoms with van der Waals surface area (Å²) in [7, 11) is 0. The Balaban J connectivity index is 1.65. The molecule has 0 saturated heterocycles. The summed E-state index contributed by atoms with van der Waals surface area (Å²) in [4.78, 5) is 4.79. The van der Waals surface area contributed by atoms with Crippen LogP contribution >= 0.6 is 0 Å². The van der Waals surface area contributed by atoms with Crippen molar-refractivity contribution in [3.8, 4) is 11.1 Å². The van der Waals surface area contributed by atoms with Crippen LogP contribution in [0.25, 0.3) is 22.2 Å². The van der Waals surface area contributed by atoms with E-state index in [0.717, 1.165) is 27.7 Å². The molecular weight excluding hydrogens is 408 g/mol. The zero-order valence-electron chi connectivity index (χ0n) is 18.3. The number of rotatable bonds is 7. The van der Waals surface area contributed by atoms with E-state index in [1.807, 2.05) is 66.7 Å². The molecule has 0 aliphatic heterocycles. The molecule has 0 spiro atoms. The second-order valence-electron chi connectivity index (χ2n) is 8.25. The predicted molar refractivity (Wildman–Crippen MR) is 131 cm³/mol. The largest absolute Gasteiger partial charge is 0.394 e. The molecule has 0 aliphatic rings. The molecule has 0 radical (unpaired) electrons. The minimum absolute atomic E-state index is 0.0655. The van der Waals surface area contributed by atoms with Crippen molar-refractivity contribution in [2.45, 2.75) is 19.0 Å². The molecule has 5 aromatic rings. The van der Waals surface area contributed by atoms with Gasteiger partial charge in [-0.1, -0.05) is 91.0 Å². The molecule has 0 unspecified atom stereocenters. The van der Waals surface area contributed by atoms with Gasteiger partial charge in [0.1, 0.15) is 11.1 Å². The summed E-state index contributed by atoms with van der Waals surface area (Å²) < 4.78 is 3.91. The second kappa shape index (κ2) is 9.27. The minimum Gasteiger partial charge on any atom is -0.394 e. The van der Waals surface area contributed by atoms with Gasteiger partial charge in [0.2, 0.25) is 0 Å². The van der Waals surface area contributed by atoms with Gasteiger partial charge in [0.25, 0.3) is 0 Å². The van der Waals surface area contributed by atoms with Crippen molar-refractivity contribution < 1.29 is 5.11 Å². The van der Waals surface area contributed by atoms with Gasteiger partial charge in [0.15, 0.2) is 0 Å². The molecule has 2 heterocycles. The predicted octanol–water partition coefficient (Wildman–Crippen LogP) is 4.81. The van der Waals surface area contributed by atoms with Gasteiger partial charge in [-0.15, -0.1) is 0 Å². The normalized spacial score (nSPS) is 12.2.